The minimum absolute atomic E-state index is 0.202. The summed E-state index contributed by atoms with van der Waals surface area (Å²) in [6.45, 7) is 0.981. The number of hydrogen-bond donors (Lipinski definition) is 2. The van der Waals surface area contributed by atoms with Crippen LogP contribution in [0.5, 0.6) is 0 Å². The maximum absolute atomic E-state index is 13.4. The van der Waals surface area contributed by atoms with Gasteiger partial charge >= 0.3 is 0 Å². The van der Waals surface area contributed by atoms with Gasteiger partial charge in [-0.05, 0) is 42.3 Å². The molecule has 1 unspecified atom stereocenters. The van der Waals surface area contributed by atoms with Crippen molar-refractivity contribution >= 4 is 0 Å². The van der Waals surface area contributed by atoms with Crippen LogP contribution in [-0.2, 0) is 6.42 Å². The standard InChI is InChI=1S/C17H17FN2O/c18-16-4-2-1-3-14(16)9-10-20-12-17(21)15-7-5-13(11-19)6-8-15/h1-8,17,20-21H,9-10,12H2. The fourth-order valence-corrected chi connectivity index (χ4v) is 2.06. The van der Waals surface area contributed by atoms with Gasteiger partial charge in [-0.15, -0.1) is 0 Å². The molecular weight excluding hydrogens is 267 g/mol. The lowest BCUT2D eigenvalue weighted by Crippen LogP contribution is -2.24. The summed E-state index contributed by atoms with van der Waals surface area (Å²) in [4.78, 5) is 0. The molecule has 0 aliphatic heterocycles. The minimum Gasteiger partial charge on any atom is -0.387 e. The van der Waals surface area contributed by atoms with Crippen LogP contribution in [0.4, 0.5) is 4.39 Å². The topological polar surface area (TPSA) is 56.0 Å². The predicted octanol–water partition coefficient (Wildman–Crippen LogP) is 2.56. The van der Waals surface area contributed by atoms with Crippen molar-refractivity contribution in [3.05, 3.63) is 71.0 Å². The molecular formula is C17H17FN2O. The lowest BCUT2D eigenvalue weighted by atomic mass is 10.1. The number of benzene rings is 2. The molecule has 0 radical (unpaired) electrons. The van der Waals surface area contributed by atoms with Gasteiger partial charge in [0.1, 0.15) is 5.82 Å². The third-order valence-electron chi connectivity index (χ3n) is 3.29. The van der Waals surface area contributed by atoms with Crippen LogP contribution in [0.1, 0.15) is 22.8 Å². The molecule has 0 saturated carbocycles. The SMILES string of the molecule is N#Cc1ccc(C(O)CNCCc2ccccc2F)cc1. The fraction of sp³-hybridized carbons (Fsp3) is 0.235. The molecule has 3 nitrogen and oxygen atoms in total. The quantitative estimate of drug-likeness (QED) is 0.802. The second-order valence-electron chi connectivity index (χ2n) is 4.80. The van der Waals surface area contributed by atoms with Gasteiger partial charge in [0.15, 0.2) is 0 Å². The van der Waals surface area contributed by atoms with Gasteiger partial charge in [-0.25, -0.2) is 4.39 Å². The van der Waals surface area contributed by atoms with E-state index in [9.17, 15) is 9.50 Å². The van der Waals surface area contributed by atoms with Crippen LogP contribution in [-0.4, -0.2) is 18.2 Å². The average molecular weight is 284 g/mol. The second-order valence-corrected chi connectivity index (χ2v) is 4.80. The number of rotatable bonds is 6. The van der Waals surface area contributed by atoms with Gasteiger partial charge in [0.25, 0.3) is 0 Å². The lowest BCUT2D eigenvalue weighted by molar-refractivity contribution is 0.175. The molecule has 0 saturated heterocycles. The van der Waals surface area contributed by atoms with E-state index in [1.165, 1.54) is 6.07 Å². The van der Waals surface area contributed by atoms with E-state index in [-0.39, 0.29) is 5.82 Å². The van der Waals surface area contributed by atoms with Crippen LogP contribution in [0.3, 0.4) is 0 Å². The van der Waals surface area contributed by atoms with Crippen molar-refractivity contribution in [2.45, 2.75) is 12.5 Å². The van der Waals surface area contributed by atoms with Crippen molar-refractivity contribution < 1.29 is 9.50 Å². The molecule has 0 heterocycles. The first kappa shape index (κ1) is 15.2. The Balaban J connectivity index is 1.78. The van der Waals surface area contributed by atoms with E-state index >= 15 is 0 Å². The summed E-state index contributed by atoms with van der Waals surface area (Å²) < 4.78 is 13.4. The molecule has 0 aromatic heterocycles. The van der Waals surface area contributed by atoms with E-state index in [1.807, 2.05) is 12.1 Å². The van der Waals surface area contributed by atoms with E-state index in [0.29, 0.717) is 30.6 Å². The Morgan fingerprint density at radius 2 is 1.86 bits per heavy atom. The summed E-state index contributed by atoms with van der Waals surface area (Å²) in [6, 6.07) is 15.5. The van der Waals surface area contributed by atoms with Crippen LogP contribution in [0, 0.1) is 17.1 Å². The molecule has 2 rings (SSSR count). The summed E-state index contributed by atoms with van der Waals surface area (Å²) in [6.07, 6.45) is -0.0643. The highest BCUT2D eigenvalue weighted by molar-refractivity contribution is 5.32. The molecule has 1 atom stereocenters. The highest BCUT2D eigenvalue weighted by atomic mass is 19.1. The van der Waals surface area contributed by atoms with Gasteiger partial charge in [0.2, 0.25) is 0 Å². The third kappa shape index (κ3) is 4.38. The molecule has 0 spiro atoms. The van der Waals surface area contributed by atoms with E-state index < -0.39 is 6.10 Å². The molecule has 0 amide bonds. The lowest BCUT2D eigenvalue weighted by Gasteiger charge is -2.12. The number of aliphatic hydroxyl groups is 1. The zero-order valence-electron chi connectivity index (χ0n) is 11.6. The Kier molecular flexibility index (Phi) is 5.44. The predicted molar refractivity (Wildman–Crippen MR) is 79.1 cm³/mol. The van der Waals surface area contributed by atoms with Crippen LogP contribution >= 0.6 is 0 Å². The number of halogens is 1. The van der Waals surface area contributed by atoms with Crippen LogP contribution in [0.15, 0.2) is 48.5 Å². The molecule has 0 aliphatic rings. The van der Waals surface area contributed by atoms with Crippen LogP contribution in [0.2, 0.25) is 0 Å². The monoisotopic (exact) mass is 284 g/mol. The zero-order valence-corrected chi connectivity index (χ0v) is 11.6. The molecule has 21 heavy (non-hydrogen) atoms. The van der Waals surface area contributed by atoms with E-state index in [1.54, 1.807) is 36.4 Å². The van der Waals surface area contributed by atoms with Gasteiger partial charge in [-0.3, -0.25) is 0 Å². The first-order valence-electron chi connectivity index (χ1n) is 6.83. The van der Waals surface area contributed by atoms with Crippen molar-refractivity contribution in [3.63, 3.8) is 0 Å². The number of nitriles is 1. The van der Waals surface area contributed by atoms with Crippen LogP contribution in [0.25, 0.3) is 0 Å². The van der Waals surface area contributed by atoms with Crippen molar-refractivity contribution in [2.24, 2.45) is 0 Å². The Hall–Kier alpha value is -2.22. The van der Waals surface area contributed by atoms with E-state index in [4.69, 9.17) is 5.26 Å². The van der Waals surface area contributed by atoms with Crippen LogP contribution < -0.4 is 5.32 Å². The van der Waals surface area contributed by atoms with Gasteiger partial charge in [0.05, 0.1) is 17.7 Å². The van der Waals surface area contributed by atoms with Crippen molar-refractivity contribution in [3.8, 4) is 6.07 Å². The number of nitrogens with one attached hydrogen (secondary N) is 1. The molecule has 108 valence electrons. The summed E-state index contributed by atoms with van der Waals surface area (Å²) in [5, 5.41) is 21.8. The maximum atomic E-state index is 13.4. The highest BCUT2D eigenvalue weighted by Crippen LogP contribution is 2.13. The maximum Gasteiger partial charge on any atom is 0.126 e. The van der Waals surface area contributed by atoms with Crippen molar-refractivity contribution in [2.75, 3.05) is 13.1 Å². The Bertz CT molecular complexity index is 619. The molecule has 2 aromatic rings. The highest BCUT2D eigenvalue weighted by Gasteiger charge is 2.07. The second kappa shape index (κ2) is 7.53. The normalized spacial score (nSPS) is 11.9. The number of hydrogen-bond acceptors (Lipinski definition) is 3. The first-order chi connectivity index (χ1) is 10.2. The minimum atomic E-state index is -0.640. The van der Waals surface area contributed by atoms with Gasteiger partial charge in [0, 0.05) is 6.54 Å². The largest absolute Gasteiger partial charge is 0.387 e. The van der Waals surface area contributed by atoms with Gasteiger partial charge in [-0.2, -0.15) is 5.26 Å². The summed E-state index contributed by atoms with van der Waals surface area (Å²) in [5.74, 6) is -0.202. The van der Waals surface area contributed by atoms with Crippen molar-refractivity contribution in [1.29, 1.82) is 5.26 Å². The summed E-state index contributed by atoms with van der Waals surface area (Å²) in [5.41, 5.74) is 1.99. The van der Waals surface area contributed by atoms with Gasteiger partial charge in [-0.1, -0.05) is 30.3 Å². The molecule has 4 heteroatoms. The molecule has 2 N–H and O–H groups in total. The Morgan fingerprint density at radius 1 is 1.14 bits per heavy atom. The number of nitrogens with zero attached hydrogens (tertiary/aromatic N) is 1. The van der Waals surface area contributed by atoms with Crippen molar-refractivity contribution in [1.82, 2.24) is 5.32 Å². The molecule has 2 aromatic carbocycles. The Morgan fingerprint density at radius 3 is 2.52 bits per heavy atom. The van der Waals surface area contributed by atoms with Gasteiger partial charge < -0.3 is 10.4 Å². The smallest absolute Gasteiger partial charge is 0.126 e. The van der Waals surface area contributed by atoms with E-state index in [2.05, 4.69) is 5.32 Å². The van der Waals surface area contributed by atoms with E-state index in [0.717, 1.165) is 5.56 Å². The fourth-order valence-electron chi connectivity index (χ4n) is 2.06. The molecule has 0 aliphatic carbocycles. The third-order valence-corrected chi connectivity index (χ3v) is 3.29. The zero-order chi connectivity index (χ0) is 15.1. The molecule has 0 fully saturated rings. The average Bonchev–Trinajstić information content (AvgIpc) is 2.53. The summed E-state index contributed by atoms with van der Waals surface area (Å²) >= 11 is 0. The summed E-state index contributed by atoms with van der Waals surface area (Å²) in [7, 11) is 0. The molecule has 0 bridgehead atoms. The number of aliphatic hydroxyl groups excluding tert-OH is 1. The first-order valence-corrected chi connectivity index (χ1v) is 6.83. The Labute approximate surface area is 123 Å².